The van der Waals surface area contributed by atoms with Gasteiger partial charge in [-0.2, -0.15) is 0 Å². The lowest BCUT2D eigenvalue weighted by atomic mass is 10.2. The summed E-state index contributed by atoms with van der Waals surface area (Å²) in [7, 11) is 0. The maximum absolute atomic E-state index is 12.3. The van der Waals surface area contributed by atoms with Crippen molar-refractivity contribution in [2.24, 2.45) is 0 Å². The van der Waals surface area contributed by atoms with Crippen LogP contribution in [0, 0.1) is 13.8 Å². The van der Waals surface area contributed by atoms with E-state index < -0.39 is 0 Å². The van der Waals surface area contributed by atoms with Gasteiger partial charge in [0, 0.05) is 33.0 Å². The number of rotatable bonds is 6. The fourth-order valence-corrected chi connectivity index (χ4v) is 5.09. The molecule has 4 nitrogen and oxygen atoms in total. The third-order valence-electron chi connectivity index (χ3n) is 3.68. The Kier molecular flexibility index (Phi) is 6.11. The van der Waals surface area contributed by atoms with Crippen molar-refractivity contribution >= 4 is 46.0 Å². The fourth-order valence-electron chi connectivity index (χ4n) is 2.35. The van der Waals surface area contributed by atoms with Crippen molar-refractivity contribution in [3.05, 3.63) is 50.9 Å². The number of carbonyl (C=O) groups excluding carboxylic acids is 1. The molecule has 0 unspecified atom stereocenters. The summed E-state index contributed by atoms with van der Waals surface area (Å²) in [6.45, 7) is 8.22. The Morgan fingerprint density at radius 1 is 1.19 bits per heavy atom. The molecule has 136 valence electrons. The van der Waals surface area contributed by atoms with Gasteiger partial charge in [0.1, 0.15) is 0 Å². The van der Waals surface area contributed by atoms with Gasteiger partial charge >= 0.3 is 0 Å². The number of aromatic nitrogens is 2. The average Bonchev–Trinajstić information content (AvgIpc) is 3.19. The van der Waals surface area contributed by atoms with E-state index in [1.165, 1.54) is 0 Å². The number of anilines is 1. The van der Waals surface area contributed by atoms with Gasteiger partial charge in [0.25, 0.3) is 0 Å². The number of nitrogens with zero attached hydrogens (tertiary/aromatic N) is 2. The molecule has 26 heavy (non-hydrogen) atoms. The van der Waals surface area contributed by atoms with Crippen LogP contribution in [0.25, 0.3) is 0 Å². The normalized spacial score (nSPS) is 11.1. The minimum atomic E-state index is -0.0374. The topological polar surface area (TPSA) is 54.9 Å². The predicted octanol–water partition coefficient (Wildman–Crippen LogP) is 5.67. The quantitative estimate of drug-likeness (QED) is 0.576. The molecule has 1 aromatic carbocycles. The zero-order valence-electron chi connectivity index (χ0n) is 15.2. The van der Waals surface area contributed by atoms with Gasteiger partial charge in [0.05, 0.1) is 17.1 Å². The smallest absolute Gasteiger partial charge is 0.230 e. The zero-order valence-corrected chi connectivity index (χ0v) is 17.6. The maximum Gasteiger partial charge on any atom is 0.230 e. The molecule has 0 radical (unpaired) electrons. The first-order valence-corrected chi connectivity index (χ1v) is 10.9. The van der Waals surface area contributed by atoms with Gasteiger partial charge in [-0.05, 0) is 37.6 Å². The van der Waals surface area contributed by atoms with Crippen molar-refractivity contribution in [2.45, 2.75) is 49.3 Å². The van der Waals surface area contributed by atoms with E-state index in [1.807, 2.05) is 36.7 Å². The van der Waals surface area contributed by atoms with Crippen molar-refractivity contribution in [3.8, 4) is 0 Å². The number of carbonyl (C=O) groups is 1. The van der Waals surface area contributed by atoms with Crippen molar-refractivity contribution in [1.29, 1.82) is 0 Å². The lowest BCUT2D eigenvalue weighted by Crippen LogP contribution is -2.15. The summed E-state index contributed by atoms with van der Waals surface area (Å²) >= 11 is 4.91. The van der Waals surface area contributed by atoms with E-state index in [1.54, 1.807) is 34.4 Å². The van der Waals surface area contributed by atoms with E-state index in [2.05, 4.69) is 35.2 Å². The summed E-state index contributed by atoms with van der Waals surface area (Å²) in [5.74, 6) is 0.357. The molecule has 3 aromatic rings. The molecule has 0 bridgehead atoms. The van der Waals surface area contributed by atoms with Gasteiger partial charge in [-0.3, -0.25) is 4.79 Å². The van der Waals surface area contributed by atoms with Gasteiger partial charge in [0.2, 0.25) is 5.91 Å². The molecule has 0 saturated heterocycles. The number of hydrogen-bond acceptors (Lipinski definition) is 6. The van der Waals surface area contributed by atoms with Gasteiger partial charge in [-0.15, -0.1) is 22.7 Å². The van der Waals surface area contributed by atoms with E-state index in [0.29, 0.717) is 12.3 Å². The lowest BCUT2D eigenvalue weighted by Gasteiger charge is -2.09. The Bertz CT molecular complexity index is 914. The Labute approximate surface area is 166 Å². The third kappa shape index (κ3) is 4.93. The second kappa shape index (κ2) is 8.33. The molecule has 0 spiro atoms. The van der Waals surface area contributed by atoms with Gasteiger partial charge < -0.3 is 5.32 Å². The molecular formula is C19H21N3OS3. The van der Waals surface area contributed by atoms with Gasteiger partial charge in [-0.25, -0.2) is 9.97 Å². The van der Waals surface area contributed by atoms with Crippen molar-refractivity contribution in [1.82, 2.24) is 9.97 Å². The van der Waals surface area contributed by atoms with E-state index in [9.17, 15) is 4.79 Å². The second-order valence-corrected chi connectivity index (χ2v) is 9.46. The highest BCUT2D eigenvalue weighted by Gasteiger charge is 2.11. The molecule has 2 heterocycles. The van der Waals surface area contributed by atoms with E-state index in [4.69, 9.17) is 0 Å². The molecule has 0 fully saturated rings. The van der Waals surface area contributed by atoms with Crippen LogP contribution in [0.4, 0.5) is 5.69 Å². The highest BCUT2D eigenvalue weighted by atomic mass is 32.2. The zero-order chi connectivity index (χ0) is 18.7. The average molecular weight is 404 g/mol. The number of benzene rings is 1. The molecule has 7 heteroatoms. The van der Waals surface area contributed by atoms with Crippen molar-refractivity contribution < 1.29 is 4.79 Å². The predicted molar refractivity (Wildman–Crippen MR) is 111 cm³/mol. The van der Waals surface area contributed by atoms with Crippen LogP contribution in [0.3, 0.4) is 0 Å². The number of aryl methyl sites for hydroxylation is 2. The molecule has 0 aliphatic heterocycles. The minimum absolute atomic E-state index is 0.0374. The fraction of sp³-hybridized carbons (Fsp3) is 0.316. The summed E-state index contributed by atoms with van der Waals surface area (Å²) in [6, 6.07) is 6.05. The molecule has 1 N–H and O–H groups in total. The first-order valence-electron chi connectivity index (χ1n) is 8.35. The number of nitrogens with one attached hydrogen (secondary N) is 1. The second-order valence-electron chi connectivity index (χ2n) is 6.39. The summed E-state index contributed by atoms with van der Waals surface area (Å²) in [5, 5.41) is 8.09. The van der Waals surface area contributed by atoms with Crippen LogP contribution in [-0.2, 0) is 11.2 Å². The highest BCUT2D eigenvalue weighted by Crippen LogP contribution is 2.32. The van der Waals surface area contributed by atoms with Crippen LogP contribution in [0.15, 0.2) is 38.2 Å². The Morgan fingerprint density at radius 2 is 2.00 bits per heavy atom. The molecular weight excluding hydrogens is 382 g/mol. The van der Waals surface area contributed by atoms with E-state index >= 15 is 0 Å². The lowest BCUT2D eigenvalue weighted by molar-refractivity contribution is -0.115. The summed E-state index contributed by atoms with van der Waals surface area (Å²) < 4.78 is 1.03. The van der Waals surface area contributed by atoms with Crippen molar-refractivity contribution in [2.75, 3.05) is 5.32 Å². The molecule has 0 aliphatic rings. The summed E-state index contributed by atoms with van der Waals surface area (Å²) in [5.41, 5.74) is 3.76. The Balaban J connectivity index is 1.62. The van der Waals surface area contributed by atoms with Crippen molar-refractivity contribution in [3.63, 3.8) is 0 Å². The van der Waals surface area contributed by atoms with Crippen LogP contribution < -0.4 is 5.32 Å². The van der Waals surface area contributed by atoms with Crippen LogP contribution in [0.2, 0.25) is 0 Å². The highest BCUT2D eigenvalue weighted by molar-refractivity contribution is 8.01. The number of thiazole rings is 2. The van der Waals surface area contributed by atoms with E-state index in [-0.39, 0.29) is 5.91 Å². The monoisotopic (exact) mass is 403 g/mol. The van der Waals surface area contributed by atoms with Gasteiger partial charge in [0.15, 0.2) is 4.34 Å². The molecule has 0 saturated carbocycles. The largest absolute Gasteiger partial charge is 0.326 e. The SMILES string of the molecule is Cc1csc(Sc2ccc(NC(=O)Cc3csc(C(C)C)n3)c(C)c2)n1. The minimum Gasteiger partial charge on any atom is -0.326 e. The Morgan fingerprint density at radius 3 is 2.62 bits per heavy atom. The molecule has 0 atom stereocenters. The molecule has 1 amide bonds. The molecule has 0 aliphatic carbocycles. The molecule has 2 aromatic heterocycles. The van der Waals surface area contributed by atoms with Crippen LogP contribution >= 0.6 is 34.4 Å². The third-order valence-corrected chi connectivity index (χ3v) is 6.92. The Hall–Kier alpha value is -1.70. The summed E-state index contributed by atoms with van der Waals surface area (Å²) in [6.07, 6.45) is 0.303. The van der Waals surface area contributed by atoms with Crippen LogP contribution in [0.1, 0.15) is 41.7 Å². The van der Waals surface area contributed by atoms with E-state index in [0.717, 1.165) is 36.9 Å². The van der Waals surface area contributed by atoms with Crippen LogP contribution in [0.5, 0.6) is 0 Å². The summed E-state index contributed by atoms with van der Waals surface area (Å²) in [4.78, 5) is 22.5. The molecule has 3 rings (SSSR count). The van der Waals surface area contributed by atoms with Gasteiger partial charge in [-0.1, -0.05) is 25.6 Å². The number of amides is 1. The van der Waals surface area contributed by atoms with Crippen LogP contribution in [-0.4, -0.2) is 15.9 Å². The first kappa shape index (κ1) is 19.1. The first-order chi connectivity index (χ1) is 12.4. The maximum atomic E-state index is 12.3. The standard InChI is InChI=1S/C19H21N3OS3/c1-11(2)18-21-14(10-24-18)8-17(23)22-16-6-5-15(7-12(16)3)26-19-20-13(4)9-25-19/h5-7,9-11H,8H2,1-4H3,(H,22,23). The number of hydrogen-bond donors (Lipinski definition) is 1.